The number of thioether (sulfide) groups is 1. The average Bonchev–Trinajstić information content (AvgIpc) is 3.07. The van der Waals surface area contributed by atoms with Crippen LogP contribution in [0.1, 0.15) is 15.9 Å². The van der Waals surface area contributed by atoms with E-state index in [0.29, 0.717) is 18.7 Å². The number of nitrogens with one attached hydrogen (secondary N) is 3. The van der Waals surface area contributed by atoms with E-state index in [1.165, 1.54) is 0 Å². The quantitative estimate of drug-likeness (QED) is 0.629. The lowest BCUT2D eigenvalue weighted by molar-refractivity contribution is -0.122. The zero-order valence-corrected chi connectivity index (χ0v) is 16.9. The Kier molecular flexibility index (Phi) is 11.9. The molecule has 1 aliphatic heterocycles. The van der Waals surface area contributed by atoms with Gasteiger partial charge >= 0.3 is 0 Å². The highest BCUT2D eigenvalue weighted by Crippen LogP contribution is 2.10. The molecule has 0 bridgehead atoms. The summed E-state index contributed by atoms with van der Waals surface area (Å²) in [6, 6.07) is 7.23. The highest BCUT2D eigenvalue weighted by atomic mass is 35.5. The van der Waals surface area contributed by atoms with E-state index in [9.17, 15) is 9.59 Å². The van der Waals surface area contributed by atoms with Crippen LogP contribution in [0.4, 0.5) is 0 Å². The molecule has 1 unspecified atom stereocenters. The number of halogens is 2. The molecule has 25 heavy (non-hydrogen) atoms. The van der Waals surface area contributed by atoms with Gasteiger partial charge in [-0.15, -0.1) is 36.6 Å². The summed E-state index contributed by atoms with van der Waals surface area (Å²) in [6.07, 6.45) is 0. The van der Waals surface area contributed by atoms with E-state index in [0.717, 1.165) is 23.7 Å². The molecule has 1 aliphatic rings. The predicted octanol–water partition coefficient (Wildman–Crippen LogP) is 1.10. The van der Waals surface area contributed by atoms with Crippen molar-refractivity contribution >= 4 is 48.4 Å². The molecule has 1 aromatic carbocycles. The molecule has 0 aromatic heterocycles. The van der Waals surface area contributed by atoms with Crippen molar-refractivity contribution < 1.29 is 9.59 Å². The van der Waals surface area contributed by atoms with Crippen LogP contribution < -0.4 is 16.0 Å². The van der Waals surface area contributed by atoms with Crippen molar-refractivity contribution in [2.75, 3.05) is 38.8 Å². The third kappa shape index (κ3) is 8.29. The molecule has 1 atom stereocenters. The highest BCUT2D eigenvalue weighted by Gasteiger charge is 2.21. The number of rotatable bonds is 7. The van der Waals surface area contributed by atoms with Gasteiger partial charge in [0.2, 0.25) is 5.91 Å². The number of carbonyl (C=O) groups excluding carboxylic acids is 2. The summed E-state index contributed by atoms with van der Waals surface area (Å²) < 4.78 is 0. The van der Waals surface area contributed by atoms with E-state index in [2.05, 4.69) is 16.0 Å². The summed E-state index contributed by atoms with van der Waals surface area (Å²) in [5.41, 5.74) is 1.61. The van der Waals surface area contributed by atoms with Gasteiger partial charge in [-0.2, -0.15) is 0 Å². The van der Waals surface area contributed by atoms with Crippen LogP contribution in [0.2, 0.25) is 0 Å². The molecule has 0 aliphatic carbocycles. The molecular weight excluding hydrogens is 383 g/mol. The molecule has 3 N–H and O–H groups in total. The van der Waals surface area contributed by atoms with E-state index in [-0.39, 0.29) is 42.7 Å². The normalized spacial score (nSPS) is 15.9. The summed E-state index contributed by atoms with van der Waals surface area (Å²) in [5, 5.41) is 8.93. The number of carbonyl (C=O) groups is 2. The number of hydrogen-bond donors (Lipinski definition) is 3. The van der Waals surface area contributed by atoms with E-state index in [1.54, 1.807) is 23.9 Å². The smallest absolute Gasteiger partial charge is 0.251 e. The summed E-state index contributed by atoms with van der Waals surface area (Å²) in [5.74, 6) is 1.60. The maximum atomic E-state index is 12.0. The maximum absolute atomic E-state index is 12.0. The second-order valence-corrected chi connectivity index (χ2v) is 6.78. The van der Waals surface area contributed by atoms with Gasteiger partial charge in [0, 0.05) is 36.8 Å². The minimum absolute atomic E-state index is 0. The fourth-order valence-electron chi connectivity index (χ4n) is 2.15. The van der Waals surface area contributed by atoms with Crippen molar-refractivity contribution in [1.29, 1.82) is 0 Å². The first kappa shape index (κ1) is 24.0. The molecule has 0 saturated carbocycles. The molecule has 6 nitrogen and oxygen atoms in total. The largest absolute Gasteiger partial charge is 0.351 e. The predicted molar refractivity (Wildman–Crippen MR) is 108 cm³/mol. The molecule has 1 aromatic rings. The minimum atomic E-state index is -0.0956. The first-order chi connectivity index (χ1) is 11.1. The number of nitrogens with zero attached hydrogens (tertiary/aromatic N) is 1. The fourth-order valence-corrected chi connectivity index (χ4v) is 3.09. The first-order valence-corrected chi connectivity index (χ1v) is 8.82. The Morgan fingerprint density at radius 3 is 2.44 bits per heavy atom. The van der Waals surface area contributed by atoms with Crippen LogP contribution in [-0.4, -0.2) is 61.6 Å². The Labute approximate surface area is 165 Å². The third-order valence-corrected chi connectivity index (χ3v) is 4.50. The lowest BCUT2D eigenvalue weighted by Crippen LogP contribution is -2.41. The van der Waals surface area contributed by atoms with Gasteiger partial charge in [-0.25, -0.2) is 0 Å². The molecule has 0 spiro atoms. The minimum Gasteiger partial charge on any atom is -0.351 e. The van der Waals surface area contributed by atoms with E-state index < -0.39 is 0 Å². The number of benzene rings is 1. The van der Waals surface area contributed by atoms with Crippen molar-refractivity contribution in [3.8, 4) is 0 Å². The van der Waals surface area contributed by atoms with Gasteiger partial charge < -0.3 is 15.5 Å². The topological polar surface area (TPSA) is 73.5 Å². The first-order valence-electron chi connectivity index (χ1n) is 7.67. The van der Waals surface area contributed by atoms with Crippen LogP contribution in [0.25, 0.3) is 0 Å². The third-order valence-electron chi connectivity index (χ3n) is 3.56. The molecule has 1 heterocycles. The molecule has 0 radical (unpaired) electrons. The summed E-state index contributed by atoms with van der Waals surface area (Å²) in [7, 11) is 3.93. The summed E-state index contributed by atoms with van der Waals surface area (Å²) >= 11 is 1.73. The molecule has 2 amide bonds. The van der Waals surface area contributed by atoms with E-state index in [1.807, 2.05) is 31.1 Å². The summed E-state index contributed by atoms with van der Waals surface area (Å²) in [6.45, 7) is 1.91. The Bertz CT molecular complexity index is 537. The van der Waals surface area contributed by atoms with Crippen molar-refractivity contribution in [3.63, 3.8) is 0 Å². The number of amides is 2. The standard InChI is InChI=1S/C16H24N4O2S.2ClH/c1-20(2)8-7-17-15(21)13-5-3-12(4-6-13)9-18-16(22)14-10-23-11-19-14;;/h3-6,14,19H,7-11H2,1-2H3,(H,17,21)(H,18,22);2*1H. The zero-order chi connectivity index (χ0) is 16.7. The second kappa shape index (κ2) is 12.4. The molecule has 1 saturated heterocycles. The molecule has 1 fully saturated rings. The van der Waals surface area contributed by atoms with E-state index >= 15 is 0 Å². The van der Waals surface area contributed by atoms with Crippen molar-refractivity contribution in [2.24, 2.45) is 0 Å². The van der Waals surface area contributed by atoms with Crippen LogP contribution in [0.5, 0.6) is 0 Å². The Morgan fingerprint density at radius 2 is 1.88 bits per heavy atom. The van der Waals surface area contributed by atoms with Crippen LogP contribution in [0, 0.1) is 0 Å². The van der Waals surface area contributed by atoms with Gasteiger partial charge in [-0.1, -0.05) is 12.1 Å². The molecular formula is C16H26Cl2N4O2S. The van der Waals surface area contributed by atoms with Crippen molar-refractivity contribution in [1.82, 2.24) is 20.9 Å². The Balaban J connectivity index is 0.00000288. The van der Waals surface area contributed by atoms with Gasteiger partial charge in [0.05, 0.1) is 6.04 Å². The van der Waals surface area contributed by atoms with Gasteiger partial charge in [0.15, 0.2) is 0 Å². The van der Waals surface area contributed by atoms with Gasteiger partial charge in [-0.3, -0.25) is 14.9 Å². The maximum Gasteiger partial charge on any atom is 0.251 e. The Morgan fingerprint density at radius 1 is 1.20 bits per heavy atom. The number of likely N-dealkylation sites (N-methyl/N-ethyl adjacent to an activating group) is 1. The highest BCUT2D eigenvalue weighted by molar-refractivity contribution is 7.99. The van der Waals surface area contributed by atoms with E-state index in [4.69, 9.17) is 0 Å². The van der Waals surface area contributed by atoms with Crippen LogP contribution in [0.15, 0.2) is 24.3 Å². The van der Waals surface area contributed by atoms with Crippen LogP contribution >= 0.6 is 36.6 Å². The number of hydrogen-bond acceptors (Lipinski definition) is 5. The van der Waals surface area contributed by atoms with Crippen molar-refractivity contribution in [3.05, 3.63) is 35.4 Å². The molecule has 2 rings (SSSR count). The molecule has 9 heteroatoms. The Hall–Kier alpha value is -0.990. The molecule has 142 valence electrons. The SMILES string of the molecule is CN(C)CCNC(=O)c1ccc(CNC(=O)C2CSCN2)cc1.Cl.Cl. The lowest BCUT2D eigenvalue weighted by atomic mass is 10.1. The van der Waals surface area contributed by atoms with Gasteiger partial charge in [-0.05, 0) is 31.8 Å². The van der Waals surface area contributed by atoms with Gasteiger partial charge in [0.25, 0.3) is 5.91 Å². The average molecular weight is 409 g/mol. The van der Waals surface area contributed by atoms with Gasteiger partial charge in [0.1, 0.15) is 0 Å². The van der Waals surface area contributed by atoms with Crippen LogP contribution in [0.3, 0.4) is 0 Å². The van der Waals surface area contributed by atoms with Crippen molar-refractivity contribution in [2.45, 2.75) is 12.6 Å². The second-order valence-electron chi connectivity index (χ2n) is 5.75. The van der Waals surface area contributed by atoms with Crippen LogP contribution in [-0.2, 0) is 11.3 Å². The zero-order valence-electron chi connectivity index (χ0n) is 14.4. The monoisotopic (exact) mass is 408 g/mol. The lowest BCUT2D eigenvalue weighted by Gasteiger charge is -2.12. The fraction of sp³-hybridized carbons (Fsp3) is 0.500. The summed E-state index contributed by atoms with van der Waals surface area (Å²) in [4.78, 5) is 25.9.